The van der Waals surface area contributed by atoms with Crippen molar-refractivity contribution >= 4 is 57.3 Å². The molecule has 0 saturated carbocycles. The fraction of sp³-hybridized carbons (Fsp3) is 0.100. The molecule has 2 amide bonds. The van der Waals surface area contributed by atoms with Crippen LogP contribution in [0.5, 0.6) is 0 Å². The maximum Gasteiger partial charge on any atom is 0.263 e. The number of benzene rings is 8. The Morgan fingerprint density at radius 1 is 0.353 bits per heavy atom. The van der Waals surface area contributed by atoms with Crippen LogP contribution in [-0.4, -0.2) is 35.1 Å². The minimum Gasteiger partial charge on any atom is -0.356 e. The Labute approximate surface area is 397 Å². The van der Waals surface area contributed by atoms with E-state index in [4.69, 9.17) is 9.47 Å². The number of para-hydroxylation sites is 2. The summed E-state index contributed by atoms with van der Waals surface area (Å²) in [6.45, 7) is 4.60. The molecule has 0 aliphatic carbocycles. The van der Waals surface area contributed by atoms with Gasteiger partial charge in [-0.3, -0.25) is 19.4 Å². The van der Waals surface area contributed by atoms with Crippen molar-refractivity contribution in [1.82, 2.24) is 9.80 Å². The quantitative estimate of drug-likeness (QED) is 0.0963. The van der Waals surface area contributed by atoms with Gasteiger partial charge in [-0.05, 0) is 109 Å². The van der Waals surface area contributed by atoms with Crippen molar-refractivity contribution in [3.8, 4) is 0 Å². The third-order valence-electron chi connectivity index (χ3n) is 12.3. The molecule has 2 aliphatic rings. The number of nitrogens with zero attached hydrogens (tertiary/aromatic N) is 4. The molecule has 0 bridgehead atoms. The summed E-state index contributed by atoms with van der Waals surface area (Å²) in [5.74, 6) is -0.637. The molecule has 2 heterocycles. The highest BCUT2D eigenvalue weighted by Gasteiger charge is 2.49. The number of carbonyl (C=O) groups is 2. The molecule has 0 radical (unpaired) electrons. The number of aryl methyl sites for hydroxylation is 2. The largest absolute Gasteiger partial charge is 0.356 e. The van der Waals surface area contributed by atoms with Crippen LogP contribution < -0.4 is 9.80 Å². The normalized spacial score (nSPS) is 13.4. The van der Waals surface area contributed by atoms with Crippen molar-refractivity contribution in [3.63, 3.8) is 0 Å². The maximum atomic E-state index is 15.2. The molecule has 10 rings (SSSR count). The summed E-state index contributed by atoms with van der Waals surface area (Å²) < 4.78 is 12.6. The first kappa shape index (κ1) is 43.6. The zero-order chi connectivity index (χ0) is 46.4. The van der Waals surface area contributed by atoms with Crippen molar-refractivity contribution in [1.29, 1.82) is 0 Å². The number of ether oxygens (including phenoxy) is 2. The van der Waals surface area contributed by atoms with Crippen LogP contribution >= 0.6 is 0 Å². The predicted octanol–water partition coefficient (Wildman–Crippen LogP) is 13.4. The van der Waals surface area contributed by atoms with Crippen LogP contribution in [0.25, 0.3) is 11.4 Å². The highest BCUT2D eigenvalue weighted by Crippen LogP contribution is 2.48. The Balaban J connectivity index is 1.08. The third kappa shape index (κ3) is 8.98. The highest BCUT2D eigenvalue weighted by molar-refractivity contribution is 6.30. The van der Waals surface area contributed by atoms with E-state index in [1.165, 1.54) is 11.1 Å². The second kappa shape index (κ2) is 19.7. The van der Waals surface area contributed by atoms with Crippen LogP contribution in [-0.2, 0) is 32.3 Å². The Bertz CT molecular complexity index is 3000. The summed E-state index contributed by atoms with van der Waals surface area (Å²) in [6.07, 6.45) is 0. The molecule has 0 N–H and O–H groups in total. The van der Waals surface area contributed by atoms with Crippen LogP contribution in [0.2, 0.25) is 0 Å². The Hall–Kier alpha value is -8.30. The van der Waals surface area contributed by atoms with Gasteiger partial charge in [0.05, 0.1) is 35.8 Å². The molecule has 8 nitrogen and oxygen atoms in total. The molecule has 334 valence electrons. The van der Waals surface area contributed by atoms with Gasteiger partial charge in [-0.1, -0.05) is 157 Å². The highest BCUT2D eigenvalue weighted by atomic mass is 16.5. The second-order valence-electron chi connectivity index (χ2n) is 16.9. The molecule has 0 atom stereocenters. The molecule has 68 heavy (non-hydrogen) atoms. The average molecular weight is 891 g/mol. The lowest BCUT2D eigenvalue weighted by Crippen LogP contribution is -2.32. The van der Waals surface area contributed by atoms with E-state index >= 15 is 9.59 Å². The van der Waals surface area contributed by atoms with Crippen LogP contribution in [0, 0.1) is 13.8 Å². The van der Waals surface area contributed by atoms with Gasteiger partial charge in [0.25, 0.3) is 11.8 Å². The lowest BCUT2D eigenvalue weighted by Gasteiger charge is -2.27. The lowest BCUT2D eigenvalue weighted by atomic mass is 10.0. The number of amides is 2. The van der Waals surface area contributed by atoms with Crippen LogP contribution in [0.3, 0.4) is 0 Å². The summed E-state index contributed by atoms with van der Waals surface area (Å²) in [6, 6.07) is 73.1. The van der Waals surface area contributed by atoms with E-state index in [0.29, 0.717) is 33.7 Å². The fourth-order valence-corrected chi connectivity index (χ4v) is 8.87. The summed E-state index contributed by atoms with van der Waals surface area (Å²) in [5, 5.41) is 0. The molecule has 2 aliphatic heterocycles. The molecule has 0 aromatic heterocycles. The lowest BCUT2D eigenvalue weighted by molar-refractivity contribution is -0.128. The van der Waals surface area contributed by atoms with Crippen molar-refractivity contribution in [3.05, 3.63) is 263 Å². The first-order valence-corrected chi connectivity index (χ1v) is 22.8. The van der Waals surface area contributed by atoms with Gasteiger partial charge in [0.1, 0.15) is 13.5 Å². The Morgan fingerprint density at radius 2 is 0.632 bits per heavy atom. The predicted molar refractivity (Wildman–Crippen MR) is 271 cm³/mol. The minimum absolute atomic E-state index is 0.0654. The molecular formula is C60H50N4O4. The number of anilines is 6. The Kier molecular flexibility index (Phi) is 12.6. The van der Waals surface area contributed by atoms with E-state index in [-0.39, 0.29) is 38.5 Å². The summed E-state index contributed by atoms with van der Waals surface area (Å²) >= 11 is 0. The van der Waals surface area contributed by atoms with Gasteiger partial charge in [0.2, 0.25) is 0 Å². The van der Waals surface area contributed by atoms with Crippen molar-refractivity contribution in [2.45, 2.75) is 27.1 Å². The Morgan fingerprint density at radius 3 is 0.956 bits per heavy atom. The van der Waals surface area contributed by atoms with Crippen LogP contribution in [0.4, 0.5) is 34.1 Å². The topological polar surface area (TPSA) is 65.6 Å². The molecule has 8 aromatic carbocycles. The van der Waals surface area contributed by atoms with Gasteiger partial charge in [-0.15, -0.1) is 0 Å². The van der Waals surface area contributed by atoms with Gasteiger partial charge in [-0.25, -0.2) is 0 Å². The van der Waals surface area contributed by atoms with Gasteiger partial charge in [0, 0.05) is 34.1 Å². The van der Waals surface area contributed by atoms with E-state index in [0.717, 1.165) is 45.3 Å². The summed E-state index contributed by atoms with van der Waals surface area (Å²) in [4.78, 5) is 38.1. The first-order valence-electron chi connectivity index (χ1n) is 22.8. The van der Waals surface area contributed by atoms with Gasteiger partial charge in [0.15, 0.2) is 0 Å². The average Bonchev–Trinajstić information content (AvgIpc) is 3.83. The first-order chi connectivity index (χ1) is 33.4. The van der Waals surface area contributed by atoms with E-state index < -0.39 is 0 Å². The van der Waals surface area contributed by atoms with Crippen LogP contribution in [0.1, 0.15) is 33.4 Å². The van der Waals surface area contributed by atoms with Crippen LogP contribution in [0.15, 0.2) is 230 Å². The number of rotatable bonds is 16. The van der Waals surface area contributed by atoms with Crippen molar-refractivity contribution < 1.29 is 19.1 Å². The van der Waals surface area contributed by atoms with Gasteiger partial charge in [-0.2, -0.15) is 0 Å². The van der Waals surface area contributed by atoms with Gasteiger partial charge < -0.3 is 19.3 Å². The SMILES string of the molecule is Cc1ccc(N(c2ccc(C)cc2)c2ccc(C3=C4C(=O)N(COCc5ccccc5)C(c5ccc(N(c6ccccc6)c6ccccc6)cc5)=C4C(=O)N3COCc3ccccc3)cc2)cc1. The van der Waals surface area contributed by atoms with Gasteiger partial charge >= 0.3 is 0 Å². The number of hydrogen-bond acceptors (Lipinski definition) is 6. The molecule has 8 aromatic rings. The fourth-order valence-electron chi connectivity index (χ4n) is 8.87. The second-order valence-corrected chi connectivity index (χ2v) is 16.9. The molecule has 0 spiro atoms. The van der Waals surface area contributed by atoms with Crippen molar-refractivity contribution in [2.24, 2.45) is 0 Å². The smallest absolute Gasteiger partial charge is 0.263 e. The van der Waals surface area contributed by atoms with Crippen molar-refractivity contribution in [2.75, 3.05) is 23.3 Å². The maximum absolute atomic E-state index is 15.2. The minimum atomic E-state index is -0.318. The van der Waals surface area contributed by atoms with E-state index in [9.17, 15) is 0 Å². The molecule has 0 unspecified atom stereocenters. The third-order valence-corrected chi connectivity index (χ3v) is 12.3. The molecule has 0 fully saturated rings. The number of hydrogen-bond donors (Lipinski definition) is 0. The molecular weight excluding hydrogens is 841 g/mol. The van der Waals surface area contributed by atoms with E-state index in [2.05, 4.69) is 96.4 Å². The summed E-state index contributed by atoms with van der Waals surface area (Å²) in [5.41, 5.74) is 13.2. The summed E-state index contributed by atoms with van der Waals surface area (Å²) in [7, 11) is 0. The molecule has 8 heteroatoms. The van der Waals surface area contributed by atoms with E-state index in [1.54, 1.807) is 9.80 Å². The monoisotopic (exact) mass is 890 g/mol. The number of fused-ring (bicyclic) bond motifs is 1. The zero-order valence-corrected chi connectivity index (χ0v) is 38.0. The number of carbonyl (C=O) groups excluding carboxylic acids is 2. The molecule has 0 saturated heterocycles. The standard InChI is InChI=1S/C60H50N4O4/c1-43-23-31-51(32-24-43)64(52-33-25-44(2)26-34-52)54-37-29-48(30-38-54)58-56-55(59(65)62(58)42-68-40-46-17-9-4-10-18-46)57(61(60(56)66)41-67-39-45-15-7-3-8-16-45)47-27-35-53(36-28-47)63(49-19-11-5-12-20-49)50-21-13-6-14-22-50/h3-38H,39-42H2,1-2H3. The van der Waals surface area contributed by atoms with E-state index in [1.807, 2.05) is 146 Å². The zero-order valence-electron chi connectivity index (χ0n) is 38.0.